The Morgan fingerprint density at radius 1 is 1.22 bits per heavy atom. The van der Waals surface area contributed by atoms with Crippen LogP contribution in [-0.4, -0.2) is 24.8 Å². The molecule has 0 fully saturated rings. The molecule has 0 amide bonds. The molecule has 122 valence electrons. The number of unbranched alkanes of at least 4 members (excludes halogenated alkanes) is 2. The molecule has 0 saturated carbocycles. The van der Waals surface area contributed by atoms with Crippen molar-refractivity contribution in [1.29, 1.82) is 0 Å². The van der Waals surface area contributed by atoms with Crippen molar-refractivity contribution in [2.24, 2.45) is 4.99 Å². The molecule has 1 aromatic carbocycles. The second kappa shape index (κ2) is 7.81. The van der Waals surface area contributed by atoms with Crippen LogP contribution in [0.5, 0.6) is 5.75 Å². The highest BCUT2D eigenvalue weighted by molar-refractivity contribution is 5.50. The normalized spacial score (nSPS) is 16.5. The van der Waals surface area contributed by atoms with Crippen molar-refractivity contribution in [2.75, 3.05) is 13.2 Å². The zero-order valence-corrected chi connectivity index (χ0v) is 13.4. The molecule has 1 atom stereocenters. The SMILES string of the molecule is Cc1cc(CCCCCOc2cccc(C3COC=N3)c2)on1. The van der Waals surface area contributed by atoms with E-state index in [4.69, 9.17) is 14.0 Å². The summed E-state index contributed by atoms with van der Waals surface area (Å²) in [6.07, 6.45) is 5.69. The summed E-state index contributed by atoms with van der Waals surface area (Å²) in [5.41, 5.74) is 2.08. The molecular formula is C18H22N2O3. The average molecular weight is 314 g/mol. The number of aryl methyl sites for hydroxylation is 2. The summed E-state index contributed by atoms with van der Waals surface area (Å²) < 4.78 is 16.2. The van der Waals surface area contributed by atoms with E-state index in [0.717, 1.165) is 55.1 Å². The van der Waals surface area contributed by atoms with Crippen LogP contribution < -0.4 is 4.74 Å². The zero-order chi connectivity index (χ0) is 15.9. The van der Waals surface area contributed by atoms with Crippen molar-refractivity contribution in [2.45, 2.75) is 38.6 Å². The topological polar surface area (TPSA) is 56.9 Å². The van der Waals surface area contributed by atoms with Crippen LogP contribution in [0.3, 0.4) is 0 Å². The third-order valence-electron chi connectivity index (χ3n) is 3.83. The predicted molar refractivity (Wildman–Crippen MR) is 87.9 cm³/mol. The zero-order valence-electron chi connectivity index (χ0n) is 13.4. The van der Waals surface area contributed by atoms with Gasteiger partial charge in [-0.1, -0.05) is 17.3 Å². The van der Waals surface area contributed by atoms with Crippen LogP contribution in [0, 0.1) is 6.92 Å². The second-order valence-corrected chi connectivity index (χ2v) is 5.77. The summed E-state index contributed by atoms with van der Waals surface area (Å²) >= 11 is 0. The van der Waals surface area contributed by atoms with Gasteiger partial charge in [-0.25, -0.2) is 4.99 Å². The molecule has 0 N–H and O–H groups in total. The Bertz CT molecular complexity index is 651. The molecule has 1 aliphatic heterocycles. The lowest BCUT2D eigenvalue weighted by molar-refractivity contribution is 0.302. The highest BCUT2D eigenvalue weighted by Crippen LogP contribution is 2.24. The van der Waals surface area contributed by atoms with Crippen molar-refractivity contribution >= 4 is 6.40 Å². The van der Waals surface area contributed by atoms with E-state index in [1.165, 1.54) is 6.40 Å². The lowest BCUT2D eigenvalue weighted by Gasteiger charge is -2.10. The number of hydrogen-bond donors (Lipinski definition) is 0. The highest BCUT2D eigenvalue weighted by Gasteiger charge is 2.14. The summed E-state index contributed by atoms with van der Waals surface area (Å²) in [6, 6.07) is 10.2. The van der Waals surface area contributed by atoms with Gasteiger partial charge in [0.05, 0.1) is 12.3 Å². The maximum absolute atomic E-state index is 5.83. The van der Waals surface area contributed by atoms with Crippen LogP contribution in [0.2, 0.25) is 0 Å². The van der Waals surface area contributed by atoms with Crippen molar-refractivity contribution in [3.63, 3.8) is 0 Å². The fraction of sp³-hybridized carbons (Fsp3) is 0.444. The van der Waals surface area contributed by atoms with Gasteiger partial charge in [0.15, 0.2) is 6.40 Å². The Hall–Kier alpha value is -2.30. The van der Waals surface area contributed by atoms with Crippen molar-refractivity contribution in [1.82, 2.24) is 5.16 Å². The summed E-state index contributed by atoms with van der Waals surface area (Å²) in [7, 11) is 0. The Morgan fingerprint density at radius 3 is 2.96 bits per heavy atom. The standard InChI is InChI=1S/C18H22N2O3/c1-14-10-17(23-20-14)7-3-2-4-9-22-16-8-5-6-15(11-16)18-12-21-13-19-18/h5-6,8,10-11,13,18H,2-4,7,9,12H2,1H3. The molecule has 2 aromatic rings. The average Bonchev–Trinajstić information content (AvgIpc) is 3.23. The van der Waals surface area contributed by atoms with E-state index in [2.05, 4.69) is 16.2 Å². The molecule has 0 bridgehead atoms. The molecule has 5 nitrogen and oxygen atoms in total. The van der Waals surface area contributed by atoms with Crippen LogP contribution in [0.15, 0.2) is 39.8 Å². The fourth-order valence-corrected chi connectivity index (χ4v) is 2.59. The first kappa shape index (κ1) is 15.6. The van der Waals surface area contributed by atoms with Crippen LogP contribution in [-0.2, 0) is 11.2 Å². The summed E-state index contributed by atoms with van der Waals surface area (Å²) in [6.45, 7) is 3.28. The van der Waals surface area contributed by atoms with Crippen molar-refractivity contribution in [3.05, 3.63) is 47.3 Å². The molecule has 0 radical (unpaired) electrons. The molecule has 1 aromatic heterocycles. The van der Waals surface area contributed by atoms with Gasteiger partial charge in [-0.15, -0.1) is 0 Å². The quantitative estimate of drug-likeness (QED) is 0.694. The highest BCUT2D eigenvalue weighted by atomic mass is 16.5. The van der Waals surface area contributed by atoms with Gasteiger partial charge in [0, 0.05) is 12.5 Å². The van der Waals surface area contributed by atoms with Gasteiger partial charge in [0.2, 0.25) is 0 Å². The maximum atomic E-state index is 5.83. The first-order chi connectivity index (χ1) is 11.3. The third-order valence-corrected chi connectivity index (χ3v) is 3.83. The van der Waals surface area contributed by atoms with Crippen molar-refractivity contribution in [3.8, 4) is 5.75 Å². The van der Waals surface area contributed by atoms with Crippen LogP contribution in [0.1, 0.15) is 42.3 Å². The van der Waals surface area contributed by atoms with E-state index in [-0.39, 0.29) is 6.04 Å². The van der Waals surface area contributed by atoms with E-state index >= 15 is 0 Å². The summed E-state index contributed by atoms with van der Waals surface area (Å²) in [4.78, 5) is 4.28. The van der Waals surface area contributed by atoms with E-state index in [1.54, 1.807) is 0 Å². The van der Waals surface area contributed by atoms with Gasteiger partial charge < -0.3 is 14.0 Å². The number of rotatable bonds is 8. The summed E-state index contributed by atoms with van der Waals surface area (Å²) in [5, 5.41) is 3.89. The Labute approximate surface area is 136 Å². The van der Waals surface area contributed by atoms with E-state index in [0.29, 0.717) is 6.61 Å². The molecule has 0 spiro atoms. The van der Waals surface area contributed by atoms with Crippen LogP contribution >= 0.6 is 0 Å². The first-order valence-corrected chi connectivity index (χ1v) is 8.09. The van der Waals surface area contributed by atoms with Gasteiger partial charge >= 0.3 is 0 Å². The molecular weight excluding hydrogens is 292 g/mol. The molecule has 1 aliphatic rings. The second-order valence-electron chi connectivity index (χ2n) is 5.77. The number of hydrogen-bond acceptors (Lipinski definition) is 5. The number of benzene rings is 1. The molecule has 0 aliphatic carbocycles. The lowest BCUT2D eigenvalue weighted by atomic mass is 10.1. The fourth-order valence-electron chi connectivity index (χ4n) is 2.59. The number of nitrogens with zero attached hydrogens (tertiary/aromatic N) is 2. The third kappa shape index (κ3) is 4.58. The van der Waals surface area contributed by atoms with Gasteiger partial charge in [-0.3, -0.25) is 0 Å². The van der Waals surface area contributed by atoms with E-state index < -0.39 is 0 Å². The summed E-state index contributed by atoms with van der Waals surface area (Å²) in [5.74, 6) is 1.87. The maximum Gasteiger partial charge on any atom is 0.170 e. The Balaban J connectivity index is 1.35. The van der Waals surface area contributed by atoms with Crippen LogP contribution in [0.4, 0.5) is 0 Å². The molecule has 5 heteroatoms. The number of aliphatic imine (C=N–C) groups is 1. The van der Waals surface area contributed by atoms with Crippen LogP contribution in [0.25, 0.3) is 0 Å². The Kier molecular flexibility index (Phi) is 5.29. The van der Waals surface area contributed by atoms with E-state index in [1.807, 2.05) is 31.2 Å². The van der Waals surface area contributed by atoms with Gasteiger partial charge in [0.25, 0.3) is 0 Å². The van der Waals surface area contributed by atoms with Gasteiger partial charge in [-0.05, 0) is 43.9 Å². The molecule has 3 rings (SSSR count). The van der Waals surface area contributed by atoms with Gasteiger partial charge in [0.1, 0.15) is 24.2 Å². The number of aromatic nitrogens is 1. The molecule has 2 heterocycles. The number of ether oxygens (including phenoxy) is 2. The van der Waals surface area contributed by atoms with Gasteiger partial charge in [-0.2, -0.15) is 0 Å². The van der Waals surface area contributed by atoms with E-state index in [9.17, 15) is 0 Å². The minimum atomic E-state index is 0.101. The minimum Gasteiger partial charge on any atom is -0.494 e. The Morgan fingerprint density at radius 2 is 2.17 bits per heavy atom. The lowest BCUT2D eigenvalue weighted by Crippen LogP contribution is -2.00. The largest absolute Gasteiger partial charge is 0.494 e. The minimum absolute atomic E-state index is 0.101. The monoisotopic (exact) mass is 314 g/mol. The molecule has 1 unspecified atom stereocenters. The predicted octanol–water partition coefficient (Wildman–Crippen LogP) is 3.87. The molecule has 0 saturated heterocycles. The molecule has 23 heavy (non-hydrogen) atoms. The smallest absolute Gasteiger partial charge is 0.170 e. The first-order valence-electron chi connectivity index (χ1n) is 8.09. The van der Waals surface area contributed by atoms with Crippen molar-refractivity contribution < 1.29 is 14.0 Å².